The van der Waals surface area contributed by atoms with Gasteiger partial charge in [-0.1, -0.05) is 42.3 Å². The summed E-state index contributed by atoms with van der Waals surface area (Å²) in [6.07, 6.45) is 0.775. The van der Waals surface area contributed by atoms with Crippen LogP contribution >= 0.6 is 35.0 Å². The minimum Gasteiger partial charge on any atom is -0.340 e. The lowest BCUT2D eigenvalue weighted by atomic mass is 10.2. The van der Waals surface area contributed by atoms with Crippen LogP contribution in [0.25, 0.3) is 0 Å². The van der Waals surface area contributed by atoms with E-state index in [9.17, 15) is 4.79 Å². The lowest BCUT2D eigenvalue weighted by molar-refractivity contribution is -0.129. The second-order valence-corrected chi connectivity index (χ2v) is 7.44. The van der Waals surface area contributed by atoms with Gasteiger partial charge in [0.2, 0.25) is 5.91 Å². The molecule has 2 rings (SSSR count). The molecule has 0 aromatic heterocycles. The van der Waals surface area contributed by atoms with Crippen LogP contribution in [0.4, 0.5) is 0 Å². The molecule has 2 aromatic carbocycles. The summed E-state index contributed by atoms with van der Waals surface area (Å²) in [5, 5.41) is 1.30. The maximum Gasteiger partial charge on any atom is 0.236 e. The van der Waals surface area contributed by atoms with Crippen LogP contribution in [0, 0.1) is 0 Å². The van der Waals surface area contributed by atoms with E-state index in [1.807, 2.05) is 62.5 Å². The van der Waals surface area contributed by atoms with Gasteiger partial charge >= 0.3 is 0 Å². The van der Waals surface area contributed by atoms with E-state index in [0.717, 1.165) is 16.9 Å². The lowest BCUT2D eigenvalue weighted by Gasteiger charge is -2.23. The summed E-state index contributed by atoms with van der Waals surface area (Å²) in [6, 6.07) is 15.2. The van der Waals surface area contributed by atoms with Crippen molar-refractivity contribution in [1.82, 2.24) is 4.90 Å². The number of carbonyl (C=O) groups is 1. The van der Waals surface area contributed by atoms with E-state index in [4.69, 9.17) is 23.2 Å². The molecule has 0 saturated carbocycles. The van der Waals surface area contributed by atoms with Crippen molar-refractivity contribution in [1.29, 1.82) is 0 Å². The molecule has 0 fully saturated rings. The Balaban J connectivity index is 2.00. The van der Waals surface area contributed by atoms with Crippen molar-refractivity contribution in [3.05, 3.63) is 64.1 Å². The van der Waals surface area contributed by atoms with Crippen molar-refractivity contribution < 1.29 is 4.79 Å². The molecular formula is C18H19Cl2NOS. The maximum atomic E-state index is 12.7. The van der Waals surface area contributed by atoms with Gasteiger partial charge in [-0.2, -0.15) is 0 Å². The summed E-state index contributed by atoms with van der Waals surface area (Å²) in [4.78, 5) is 15.5. The van der Waals surface area contributed by atoms with Gasteiger partial charge in [0.25, 0.3) is 0 Å². The van der Waals surface area contributed by atoms with Gasteiger partial charge in [-0.25, -0.2) is 0 Å². The van der Waals surface area contributed by atoms with Crippen LogP contribution < -0.4 is 0 Å². The van der Waals surface area contributed by atoms with Crippen LogP contribution in [0.15, 0.2) is 53.4 Å². The summed E-state index contributed by atoms with van der Waals surface area (Å²) in [7, 11) is 1.84. The largest absolute Gasteiger partial charge is 0.340 e. The zero-order chi connectivity index (χ0) is 16.8. The van der Waals surface area contributed by atoms with E-state index in [1.54, 1.807) is 16.7 Å². The first-order valence-electron chi connectivity index (χ1n) is 7.41. The summed E-state index contributed by atoms with van der Waals surface area (Å²) in [5.41, 5.74) is 1.07. The topological polar surface area (TPSA) is 20.3 Å². The first kappa shape index (κ1) is 18.2. The second kappa shape index (κ2) is 8.62. The quantitative estimate of drug-likeness (QED) is 0.626. The number of benzene rings is 2. The number of halogens is 2. The third kappa shape index (κ3) is 5.45. The van der Waals surface area contributed by atoms with E-state index in [0.29, 0.717) is 16.6 Å². The Bertz CT molecular complexity index is 643. The zero-order valence-corrected chi connectivity index (χ0v) is 15.5. The fraction of sp³-hybridized carbons (Fsp3) is 0.278. The number of hydrogen-bond acceptors (Lipinski definition) is 2. The van der Waals surface area contributed by atoms with E-state index in [2.05, 4.69) is 0 Å². The fourth-order valence-electron chi connectivity index (χ4n) is 2.17. The van der Waals surface area contributed by atoms with Crippen molar-refractivity contribution in [2.45, 2.75) is 30.0 Å². The summed E-state index contributed by atoms with van der Waals surface area (Å²) in [5.74, 6) is 0.127. The van der Waals surface area contributed by atoms with E-state index in [-0.39, 0.29) is 11.2 Å². The molecule has 0 saturated heterocycles. The Labute approximate surface area is 151 Å². The average Bonchev–Trinajstić information content (AvgIpc) is 2.55. The molecule has 0 aliphatic rings. The molecule has 122 valence electrons. The molecule has 1 unspecified atom stereocenters. The zero-order valence-electron chi connectivity index (χ0n) is 13.1. The molecule has 0 bridgehead atoms. The van der Waals surface area contributed by atoms with Crippen molar-refractivity contribution in [3.8, 4) is 0 Å². The van der Waals surface area contributed by atoms with Crippen molar-refractivity contribution in [2.24, 2.45) is 0 Å². The molecule has 0 heterocycles. The minimum absolute atomic E-state index is 0.103. The molecule has 2 nitrogen and oxygen atoms in total. The third-order valence-corrected chi connectivity index (χ3v) is 5.32. The third-order valence-electron chi connectivity index (χ3n) is 3.45. The summed E-state index contributed by atoms with van der Waals surface area (Å²) < 4.78 is 0. The van der Waals surface area contributed by atoms with Gasteiger partial charge in [-0.05, 0) is 48.4 Å². The molecule has 2 aromatic rings. The molecule has 0 aliphatic carbocycles. The monoisotopic (exact) mass is 367 g/mol. The molecular weight excluding hydrogens is 349 g/mol. The van der Waals surface area contributed by atoms with Gasteiger partial charge in [-0.15, -0.1) is 11.8 Å². The first-order valence-corrected chi connectivity index (χ1v) is 9.04. The normalized spacial score (nSPS) is 12.0. The van der Waals surface area contributed by atoms with Crippen LogP contribution in [-0.2, 0) is 11.3 Å². The predicted molar refractivity (Wildman–Crippen MR) is 99.3 cm³/mol. The minimum atomic E-state index is -0.103. The van der Waals surface area contributed by atoms with E-state index >= 15 is 0 Å². The van der Waals surface area contributed by atoms with Crippen LogP contribution in [0.2, 0.25) is 10.0 Å². The highest BCUT2D eigenvalue weighted by atomic mass is 35.5. The van der Waals surface area contributed by atoms with E-state index < -0.39 is 0 Å². The maximum absolute atomic E-state index is 12.7. The molecule has 5 heteroatoms. The molecule has 1 atom stereocenters. The summed E-state index contributed by atoms with van der Waals surface area (Å²) >= 11 is 13.4. The standard InChI is InChI=1S/C18H19Cl2NOS/c1-3-17(23-16-10-8-15(20)9-11-16)18(22)21(2)12-13-4-6-14(19)7-5-13/h4-11,17H,3,12H2,1-2H3. The molecule has 1 amide bonds. The van der Waals surface area contributed by atoms with Crippen molar-refractivity contribution in [2.75, 3.05) is 7.05 Å². The highest BCUT2D eigenvalue weighted by Gasteiger charge is 2.21. The second-order valence-electron chi connectivity index (χ2n) is 5.29. The number of amides is 1. The Kier molecular flexibility index (Phi) is 6.82. The molecule has 0 N–H and O–H groups in total. The van der Waals surface area contributed by atoms with Crippen LogP contribution in [0.5, 0.6) is 0 Å². The number of rotatable bonds is 6. The van der Waals surface area contributed by atoms with Gasteiger partial charge in [0.1, 0.15) is 0 Å². The van der Waals surface area contributed by atoms with Crippen LogP contribution in [-0.4, -0.2) is 23.1 Å². The Hall–Kier alpha value is -1.16. The van der Waals surface area contributed by atoms with Crippen molar-refractivity contribution in [3.63, 3.8) is 0 Å². The molecule has 23 heavy (non-hydrogen) atoms. The summed E-state index contributed by atoms with van der Waals surface area (Å²) in [6.45, 7) is 2.61. The number of carbonyl (C=O) groups excluding carboxylic acids is 1. The van der Waals surface area contributed by atoms with Gasteiger partial charge in [0.15, 0.2) is 0 Å². The average molecular weight is 368 g/mol. The molecule has 0 aliphatic heterocycles. The lowest BCUT2D eigenvalue weighted by Crippen LogP contribution is -2.34. The van der Waals surface area contributed by atoms with Crippen LogP contribution in [0.1, 0.15) is 18.9 Å². The van der Waals surface area contributed by atoms with Gasteiger partial charge < -0.3 is 4.90 Å². The van der Waals surface area contributed by atoms with Crippen molar-refractivity contribution >= 4 is 40.9 Å². The number of thioether (sulfide) groups is 1. The number of hydrogen-bond donors (Lipinski definition) is 0. The Morgan fingerprint density at radius 3 is 2.09 bits per heavy atom. The van der Waals surface area contributed by atoms with E-state index in [1.165, 1.54) is 0 Å². The predicted octanol–water partition coefficient (Wildman–Crippen LogP) is 5.52. The Morgan fingerprint density at radius 1 is 1.04 bits per heavy atom. The van der Waals surface area contributed by atoms with Gasteiger partial charge in [-0.3, -0.25) is 4.79 Å². The van der Waals surface area contributed by atoms with Crippen LogP contribution in [0.3, 0.4) is 0 Å². The highest BCUT2D eigenvalue weighted by Crippen LogP contribution is 2.28. The SMILES string of the molecule is CCC(Sc1ccc(Cl)cc1)C(=O)N(C)Cc1ccc(Cl)cc1. The highest BCUT2D eigenvalue weighted by molar-refractivity contribution is 8.00. The smallest absolute Gasteiger partial charge is 0.236 e. The Morgan fingerprint density at radius 2 is 1.57 bits per heavy atom. The molecule has 0 spiro atoms. The van der Waals surface area contributed by atoms with Gasteiger partial charge in [0, 0.05) is 28.5 Å². The van der Waals surface area contributed by atoms with Gasteiger partial charge in [0.05, 0.1) is 5.25 Å². The molecule has 0 radical (unpaired) electrons. The number of nitrogens with zero attached hydrogens (tertiary/aromatic N) is 1. The fourth-order valence-corrected chi connectivity index (χ4v) is 3.49. The first-order chi connectivity index (χ1) is 11.0.